The topological polar surface area (TPSA) is 54.7 Å². The second kappa shape index (κ2) is 6.33. The van der Waals surface area contributed by atoms with E-state index in [2.05, 4.69) is 59.4 Å². The Labute approximate surface area is 129 Å². The van der Waals surface area contributed by atoms with Gasteiger partial charge in [-0.2, -0.15) is 0 Å². The molecular formula is C17H19N3S. The third-order valence-corrected chi connectivity index (χ3v) is 4.68. The van der Waals surface area contributed by atoms with Gasteiger partial charge in [-0.15, -0.1) is 0 Å². The Morgan fingerprint density at radius 1 is 1.19 bits per heavy atom. The van der Waals surface area contributed by atoms with Crippen LogP contribution in [-0.4, -0.2) is 16.5 Å². The number of aromatic nitrogens is 2. The largest absolute Gasteiger partial charge is 0.333 e. The first kappa shape index (κ1) is 14.2. The minimum absolute atomic E-state index is 0.331. The van der Waals surface area contributed by atoms with Gasteiger partial charge in [0.25, 0.3) is 0 Å². The molecule has 0 amide bonds. The molecule has 2 aromatic carbocycles. The maximum absolute atomic E-state index is 5.77. The monoisotopic (exact) mass is 297 g/mol. The Morgan fingerprint density at radius 2 is 2.00 bits per heavy atom. The van der Waals surface area contributed by atoms with Crippen molar-refractivity contribution in [3.05, 3.63) is 59.7 Å². The van der Waals surface area contributed by atoms with Crippen LogP contribution in [0.15, 0.2) is 53.7 Å². The van der Waals surface area contributed by atoms with Crippen molar-refractivity contribution in [3.8, 4) is 0 Å². The predicted octanol–water partition coefficient (Wildman–Crippen LogP) is 4.05. The SMILES string of the molecule is Cc1ccc2nc(SC(CCN)c3ccccc3)[nH]c2c1. The van der Waals surface area contributed by atoms with Crippen molar-refractivity contribution in [2.24, 2.45) is 5.73 Å². The normalized spacial score (nSPS) is 12.7. The molecule has 0 radical (unpaired) electrons. The number of nitrogens with zero attached hydrogens (tertiary/aromatic N) is 1. The van der Waals surface area contributed by atoms with E-state index >= 15 is 0 Å². The van der Waals surface area contributed by atoms with Crippen LogP contribution in [0.4, 0.5) is 0 Å². The van der Waals surface area contributed by atoms with Crippen LogP contribution >= 0.6 is 11.8 Å². The van der Waals surface area contributed by atoms with Gasteiger partial charge in [-0.05, 0) is 43.1 Å². The van der Waals surface area contributed by atoms with Crippen LogP contribution in [0.1, 0.15) is 22.8 Å². The lowest BCUT2D eigenvalue weighted by Crippen LogP contribution is -2.05. The van der Waals surface area contributed by atoms with Crippen molar-refractivity contribution < 1.29 is 0 Å². The van der Waals surface area contributed by atoms with Gasteiger partial charge in [0.1, 0.15) is 0 Å². The number of fused-ring (bicyclic) bond motifs is 1. The lowest BCUT2D eigenvalue weighted by atomic mass is 10.1. The zero-order valence-corrected chi connectivity index (χ0v) is 12.9. The summed E-state index contributed by atoms with van der Waals surface area (Å²) in [4.78, 5) is 8.07. The van der Waals surface area contributed by atoms with Gasteiger partial charge in [0.2, 0.25) is 0 Å². The van der Waals surface area contributed by atoms with Gasteiger partial charge < -0.3 is 10.7 Å². The Hall–Kier alpha value is -1.78. The Kier molecular flexibility index (Phi) is 4.27. The van der Waals surface area contributed by atoms with E-state index in [0.29, 0.717) is 11.8 Å². The molecule has 3 nitrogen and oxygen atoms in total. The van der Waals surface area contributed by atoms with Gasteiger partial charge in [0.15, 0.2) is 5.16 Å². The number of rotatable bonds is 5. The molecule has 0 aliphatic carbocycles. The van der Waals surface area contributed by atoms with E-state index in [1.165, 1.54) is 11.1 Å². The molecular weight excluding hydrogens is 278 g/mol. The number of aryl methyl sites for hydroxylation is 1. The first-order valence-corrected chi connectivity index (χ1v) is 8.02. The molecule has 3 rings (SSSR count). The van der Waals surface area contributed by atoms with Crippen LogP contribution in [0.2, 0.25) is 0 Å². The molecule has 1 aromatic heterocycles. The fourth-order valence-electron chi connectivity index (χ4n) is 2.40. The number of imidazole rings is 1. The minimum atomic E-state index is 0.331. The van der Waals surface area contributed by atoms with E-state index in [9.17, 15) is 0 Å². The van der Waals surface area contributed by atoms with Crippen molar-refractivity contribution in [3.63, 3.8) is 0 Å². The van der Waals surface area contributed by atoms with Crippen molar-refractivity contribution in [2.75, 3.05) is 6.54 Å². The summed E-state index contributed by atoms with van der Waals surface area (Å²) in [5.41, 5.74) is 10.4. The molecule has 108 valence electrons. The van der Waals surface area contributed by atoms with E-state index in [4.69, 9.17) is 5.73 Å². The van der Waals surface area contributed by atoms with E-state index < -0.39 is 0 Å². The van der Waals surface area contributed by atoms with E-state index in [1.807, 2.05) is 6.07 Å². The Bertz CT molecular complexity index is 721. The van der Waals surface area contributed by atoms with Crippen LogP contribution in [-0.2, 0) is 0 Å². The van der Waals surface area contributed by atoms with Gasteiger partial charge in [0, 0.05) is 5.25 Å². The minimum Gasteiger partial charge on any atom is -0.333 e. The van der Waals surface area contributed by atoms with Gasteiger partial charge in [-0.1, -0.05) is 48.2 Å². The zero-order chi connectivity index (χ0) is 14.7. The number of nitrogens with one attached hydrogen (secondary N) is 1. The van der Waals surface area contributed by atoms with Crippen molar-refractivity contribution in [1.29, 1.82) is 0 Å². The summed E-state index contributed by atoms with van der Waals surface area (Å²) in [7, 11) is 0. The highest BCUT2D eigenvalue weighted by molar-refractivity contribution is 7.99. The highest BCUT2D eigenvalue weighted by atomic mass is 32.2. The van der Waals surface area contributed by atoms with Crippen molar-refractivity contribution in [2.45, 2.75) is 23.8 Å². The average molecular weight is 297 g/mol. The van der Waals surface area contributed by atoms with Gasteiger partial charge in [-0.3, -0.25) is 0 Å². The summed E-state index contributed by atoms with van der Waals surface area (Å²) in [6.45, 7) is 2.76. The number of H-pyrrole nitrogens is 1. The van der Waals surface area contributed by atoms with Gasteiger partial charge in [0.05, 0.1) is 11.0 Å². The van der Waals surface area contributed by atoms with Crippen molar-refractivity contribution >= 4 is 22.8 Å². The fourth-order valence-corrected chi connectivity index (χ4v) is 3.54. The van der Waals surface area contributed by atoms with Crippen LogP contribution < -0.4 is 5.73 Å². The van der Waals surface area contributed by atoms with E-state index in [-0.39, 0.29) is 0 Å². The van der Waals surface area contributed by atoms with Crippen LogP contribution in [0, 0.1) is 6.92 Å². The third-order valence-electron chi connectivity index (χ3n) is 3.47. The molecule has 1 atom stereocenters. The van der Waals surface area contributed by atoms with E-state index in [0.717, 1.165) is 22.6 Å². The quantitative estimate of drug-likeness (QED) is 0.698. The predicted molar refractivity (Wildman–Crippen MR) is 89.5 cm³/mol. The Morgan fingerprint density at radius 3 is 2.76 bits per heavy atom. The molecule has 1 heterocycles. The lowest BCUT2D eigenvalue weighted by Gasteiger charge is -2.14. The fraction of sp³-hybridized carbons (Fsp3) is 0.235. The van der Waals surface area contributed by atoms with Crippen molar-refractivity contribution in [1.82, 2.24) is 9.97 Å². The molecule has 0 bridgehead atoms. The molecule has 0 aliphatic heterocycles. The summed E-state index contributed by atoms with van der Waals surface area (Å²) in [5, 5.41) is 1.29. The molecule has 4 heteroatoms. The maximum Gasteiger partial charge on any atom is 0.166 e. The van der Waals surface area contributed by atoms with Crippen LogP contribution in [0.5, 0.6) is 0 Å². The standard InChI is InChI=1S/C17H19N3S/c1-12-7-8-14-15(11-12)20-17(19-14)21-16(9-10-18)13-5-3-2-4-6-13/h2-8,11,16H,9-10,18H2,1H3,(H,19,20). The van der Waals surface area contributed by atoms with Gasteiger partial charge in [-0.25, -0.2) is 4.98 Å². The summed E-state index contributed by atoms with van der Waals surface area (Å²) < 4.78 is 0. The Balaban J connectivity index is 1.87. The molecule has 21 heavy (non-hydrogen) atoms. The first-order valence-electron chi connectivity index (χ1n) is 7.14. The highest BCUT2D eigenvalue weighted by Crippen LogP contribution is 2.36. The molecule has 1 unspecified atom stereocenters. The number of benzene rings is 2. The lowest BCUT2D eigenvalue weighted by molar-refractivity contribution is 0.810. The summed E-state index contributed by atoms with van der Waals surface area (Å²) in [5.74, 6) is 0. The molecule has 0 aliphatic rings. The van der Waals surface area contributed by atoms with Crippen LogP contribution in [0.3, 0.4) is 0 Å². The average Bonchev–Trinajstić information content (AvgIpc) is 2.89. The molecule has 0 saturated carbocycles. The zero-order valence-electron chi connectivity index (χ0n) is 12.0. The molecule has 3 aromatic rings. The highest BCUT2D eigenvalue weighted by Gasteiger charge is 2.14. The summed E-state index contributed by atoms with van der Waals surface area (Å²) >= 11 is 1.75. The molecule has 0 spiro atoms. The first-order chi connectivity index (χ1) is 10.3. The maximum atomic E-state index is 5.77. The number of hydrogen-bond donors (Lipinski definition) is 2. The molecule has 3 N–H and O–H groups in total. The second-order valence-corrected chi connectivity index (χ2v) is 6.35. The van der Waals surface area contributed by atoms with Crippen LogP contribution in [0.25, 0.3) is 11.0 Å². The number of nitrogens with two attached hydrogens (primary N) is 1. The molecule has 0 fully saturated rings. The molecule has 0 saturated heterocycles. The third kappa shape index (κ3) is 3.28. The van der Waals surface area contributed by atoms with Gasteiger partial charge >= 0.3 is 0 Å². The summed E-state index contributed by atoms with van der Waals surface area (Å²) in [6, 6.07) is 16.8. The summed E-state index contributed by atoms with van der Waals surface area (Å²) in [6.07, 6.45) is 0.935. The number of thioether (sulfide) groups is 1. The second-order valence-electron chi connectivity index (χ2n) is 5.16. The number of hydrogen-bond acceptors (Lipinski definition) is 3. The number of aromatic amines is 1. The van der Waals surface area contributed by atoms with E-state index in [1.54, 1.807) is 11.8 Å². The smallest absolute Gasteiger partial charge is 0.166 e.